The summed E-state index contributed by atoms with van der Waals surface area (Å²) in [6.45, 7) is 3.65. The largest absolute Gasteiger partial charge is 0.495 e. The number of methoxy groups -OCH3 is 2. The van der Waals surface area contributed by atoms with E-state index in [1.54, 1.807) is 12.1 Å². The number of hydrogen-bond donors (Lipinski definition) is 2. The topological polar surface area (TPSA) is 76.7 Å². The van der Waals surface area contributed by atoms with Crippen LogP contribution < -0.4 is 20.1 Å². The Hall–Kier alpha value is -3.18. The number of halogens is 6. The van der Waals surface area contributed by atoms with Crippen LogP contribution in [-0.4, -0.2) is 26.0 Å². The van der Waals surface area contributed by atoms with Crippen LogP contribution in [0.1, 0.15) is 31.8 Å². The molecule has 0 aromatic heterocycles. The van der Waals surface area contributed by atoms with Crippen molar-refractivity contribution in [2.24, 2.45) is 0 Å². The maximum atomic E-state index is 13.9. The lowest BCUT2D eigenvalue weighted by Gasteiger charge is -2.13. The lowest BCUT2D eigenvalue weighted by atomic mass is 10.1. The third-order valence-electron chi connectivity index (χ3n) is 5.90. The molecule has 0 aliphatic rings. The summed E-state index contributed by atoms with van der Waals surface area (Å²) in [5.41, 5.74) is 2.45. The minimum Gasteiger partial charge on any atom is -0.495 e. The van der Waals surface area contributed by atoms with Gasteiger partial charge in [0.05, 0.1) is 46.8 Å². The van der Waals surface area contributed by atoms with Gasteiger partial charge in [-0.05, 0) is 93.2 Å². The molecule has 2 N–H and O–H groups in total. The van der Waals surface area contributed by atoms with Crippen LogP contribution in [-0.2, 0) is 0 Å². The third kappa shape index (κ3) is 8.01. The van der Waals surface area contributed by atoms with Crippen molar-refractivity contribution >= 4 is 78.3 Å². The molecule has 42 heavy (non-hydrogen) atoms. The second kappa shape index (κ2) is 14.8. The van der Waals surface area contributed by atoms with Gasteiger partial charge in [0.25, 0.3) is 11.8 Å². The fraction of sp³-hybridized carbons (Fsp3) is 0.133. The predicted octanol–water partition coefficient (Wildman–Crippen LogP) is 9.62. The maximum Gasteiger partial charge on any atom is 0.258 e. The van der Waals surface area contributed by atoms with E-state index in [9.17, 15) is 18.4 Å². The van der Waals surface area contributed by atoms with Crippen LogP contribution >= 0.6 is 55.1 Å². The molecule has 220 valence electrons. The van der Waals surface area contributed by atoms with E-state index in [4.69, 9.17) is 32.7 Å². The van der Waals surface area contributed by atoms with Crippen molar-refractivity contribution in [3.8, 4) is 11.5 Å². The summed E-state index contributed by atoms with van der Waals surface area (Å²) in [4.78, 5) is 24.5. The molecule has 2 amide bonds. The molecule has 0 saturated heterocycles. The molecule has 0 spiro atoms. The Morgan fingerprint density at radius 2 is 1.05 bits per heavy atom. The van der Waals surface area contributed by atoms with Crippen molar-refractivity contribution in [1.29, 1.82) is 0 Å². The number of hydrogen-bond acceptors (Lipinski definition) is 4. The molecule has 6 nitrogen and oxygen atoms in total. The highest BCUT2D eigenvalue weighted by molar-refractivity contribution is 9.10. The molecule has 0 heterocycles. The Labute approximate surface area is 268 Å². The van der Waals surface area contributed by atoms with Gasteiger partial charge >= 0.3 is 0 Å². The van der Waals surface area contributed by atoms with Gasteiger partial charge in [0.15, 0.2) is 0 Å². The van der Waals surface area contributed by atoms with Gasteiger partial charge in [0.2, 0.25) is 0 Å². The minimum atomic E-state index is -0.687. The summed E-state index contributed by atoms with van der Waals surface area (Å²) in [6.07, 6.45) is 0. The van der Waals surface area contributed by atoms with Crippen molar-refractivity contribution in [1.82, 2.24) is 0 Å². The van der Waals surface area contributed by atoms with Gasteiger partial charge in [0, 0.05) is 8.95 Å². The molecule has 0 bridgehead atoms. The first kappa shape index (κ1) is 33.3. The number of amides is 2. The monoisotopic (exact) mass is 742 g/mol. The van der Waals surface area contributed by atoms with Crippen molar-refractivity contribution in [3.05, 3.63) is 114 Å². The van der Waals surface area contributed by atoms with Gasteiger partial charge in [0.1, 0.15) is 23.1 Å². The van der Waals surface area contributed by atoms with Crippen molar-refractivity contribution in [2.75, 3.05) is 24.9 Å². The van der Waals surface area contributed by atoms with Crippen LogP contribution in [0.5, 0.6) is 11.5 Å². The molecule has 0 unspecified atom stereocenters. The predicted molar refractivity (Wildman–Crippen MR) is 170 cm³/mol. The first-order valence-electron chi connectivity index (χ1n) is 12.1. The summed E-state index contributed by atoms with van der Waals surface area (Å²) < 4.78 is 39.0. The second-order valence-corrected chi connectivity index (χ2v) is 11.2. The number of aryl methyl sites for hydroxylation is 2. The highest BCUT2D eigenvalue weighted by Crippen LogP contribution is 2.32. The number of para-hydroxylation sites is 2. The zero-order chi connectivity index (χ0) is 31.1. The molecule has 0 aliphatic heterocycles. The Balaban J connectivity index is 0.000000230. The molecule has 4 aromatic carbocycles. The Kier molecular flexibility index (Phi) is 11.8. The van der Waals surface area contributed by atoms with Gasteiger partial charge in [-0.3, -0.25) is 9.59 Å². The van der Waals surface area contributed by atoms with Gasteiger partial charge in [-0.15, -0.1) is 0 Å². The molecule has 0 atom stereocenters. The number of benzene rings is 4. The quantitative estimate of drug-likeness (QED) is 0.193. The smallest absolute Gasteiger partial charge is 0.258 e. The molecule has 12 heteroatoms. The molecule has 4 rings (SSSR count). The highest BCUT2D eigenvalue weighted by Gasteiger charge is 2.18. The Morgan fingerprint density at radius 3 is 1.38 bits per heavy atom. The molecule has 0 radical (unpaired) electrons. The van der Waals surface area contributed by atoms with E-state index in [1.165, 1.54) is 26.4 Å². The molecule has 0 aliphatic carbocycles. The standard InChI is InChI=1S/2C15H12BrClFNO2/c2*1-8-4-3-5-13(21-2)14(8)19-15(20)9-6-10(16)11(17)7-12(9)18/h2*3-7H,1-2H3,(H,19,20). The lowest BCUT2D eigenvalue weighted by Crippen LogP contribution is -2.15. The minimum absolute atomic E-state index is 0.100. The van der Waals surface area contributed by atoms with E-state index in [0.29, 0.717) is 31.8 Å². The van der Waals surface area contributed by atoms with E-state index in [0.717, 1.165) is 23.3 Å². The highest BCUT2D eigenvalue weighted by atomic mass is 79.9. The zero-order valence-corrected chi connectivity index (χ0v) is 27.4. The van der Waals surface area contributed by atoms with Crippen LogP contribution in [0.3, 0.4) is 0 Å². The fourth-order valence-corrected chi connectivity index (χ4v) is 4.68. The summed E-state index contributed by atoms with van der Waals surface area (Å²) >= 11 is 17.9. The van der Waals surface area contributed by atoms with E-state index >= 15 is 0 Å². The SMILES string of the molecule is COc1cccc(C)c1NC(=O)c1cc(Br)c(Cl)cc1F.COc1cccc(C)c1NC(=O)c1cc(Br)c(Cl)cc1F. The summed E-state index contributed by atoms with van der Waals surface area (Å²) in [5.74, 6) is -1.50. The van der Waals surface area contributed by atoms with E-state index < -0.39 is 23.4 Å². The first-order chi connectivity index (χ1) is 19.9. The molecular weight excluding hydrogens is 721 g/mol. The Morgan fingerprint density at radius 1 is 0.690 bits per heavy atom. The first-order valence-corrected chi connectivity index (χ1v) is 14.4. The third-order valence-corrected chi connectivity index (χ3v) is 8.29. The molecular formula is C30H24Br2Cl2F2N2O4. The Bertz CT molecular complexity index is 1530. The number of carbonyl (C=O) groups is 2. The normalized spacial score (nSPS) is 10.3. The molecule has 0 saturated carbocycles. The maximum absolute atomic E-state index is 13.9. The second-order valence-electron chi connectivity index (χ2n) is 8.70. The average Bonchev–Trinajstić information content (AvgIpc) is 2.95. The summed E-state index contributed by atoms with van der Waals surface area (Å²) in [5, 5.41) is 5.74. The van der Waals surface area contributed by atoms with Gasteiger partial charge < -0.3 is 20.1 Å². The zero-order valence-electron chi connectivity index (χ0n) is 22.7. The van der Waals surface area contributed by atoms with Gasteiger partial charge in [-0.25, -0.2) is 8.78 Å². The van der Waals surface area contributed by atoms with Crippen LogP contribution in [0.15, 0.2) is 69.6 Å². The van der Waals surface area contributed by atoms with E-state index in [1.807, 2.05) is 38.1 Å². The van der Waals surface area contributed by atoms with Gasteiger partial charge in [-0.1, -0.05) is 47.5 Å². The molecule has 4 aromatic rings. The summed E-state index contributed by atoms with van der Waals surface area (Å²) in [7, 11) is 3.01. The van der Waals surface area contributed by atoms with Crippen LogP contribution in [0.25, 0.3) is 0 Å². The van der Waals surface area contributed by atoms with Crippen LogP contribution in [0.2, 0.25) is 10.0 Å². The van der Waals surface area contributed by atoms with Gasteiger partial charge in [-0.2, -0.15) is 0 Å². The van der Waals surface area contributed by atoms with Crippen LogP contribution in [0.4, 0.5) is 20.2 Å². The summed E-state index contributed by atoms with van der Waals surface area (Å²) in [6, 6.07) is 15.6. The number of nitrogens with one attached hydrogen (secondary N) is 2. The van der Waals surface area contributed by atoms with Crippen molar-refractivity contribution in [2.45, 2.75) is 13.8 Å². The average molecular weight is 745 g/mol. The number of carbonyl (C=O) groups excluding carboxylic acids is 2. The fourth-order valence-electron chi connectivity index (χ4n) is 3.70. The van der Waals surface area contributed by atoms with Crippen molar-refractivity contribution in [3.63, 3.8) is 0 Å². The molecule has 0 fully saturated rings. The lowest BCUT2D eigenvalue weighted by molar-refractivity contribution is 0.101. The van der Waals surface area contributed by atoms with E-state index in [-0.39, 0.29) is 21.2 Å². The number of anilines is 2. The number of ether oxygens (including phenoxy) is 2. The van der Waals surface area contributed by atoms with Crippen LogP contribution in [0, 0.1) is 25.5 Å². The number of rotatable bonds is 6. The van der Waals surface area contributed by atoms with Crippen molar-refractivity contribution < 1.29 is 27.8 Å². The van der Waals surface area contributed by atoms with E-state index in [2.05, 4.69) is 42.5 Å².